The van der Waals surface area contributed by atoms with E-state index in [-0.39, 0.29) is 11.8 Å². The molecule has 2 atom stereocenters. The van der Waals surface area contributed by atoms with Gasteiger partial charge < -0.3 is 15.0 Å². The monoisotopic (exact) mass is 486 g/mol. The van der Waals surface area contributed by atoms with E-state index in [0.29, 0.717) is 30.9 Å². The van der Waals surface area contributed by atoms with Gasteiger partial charge in [0.1, 0.15) is 0 Å². The van der Waals surface area contributed by atoms with Crippen LogP contribution in [0.15, 0.2) is 84.5 Å². The molecular formula is C27H26N4O3S. The third kappa shape index (κ3) is 4.76. The second-order valence-electron chi connectivity index (χ2n) is 8.41. The van der Waals surface area contributed by atoms with E-state index < -0.39 is 12.0 Å². The minimum absolute atomic E-state index is 0.0805. The third-order valence-electron chi connectivity index (χ3n) is 6.22. The number of aromatic nitrogens is 2. The zero-order valence-electron chi connectivity index (χ0n) is 19.3. The number of amides is 2. The van der Waals surface area contributed by atoms with Gasteiger partial charge in [0, 0.05) is 42.2 Å². The highest BCUT2D eigenvalue weighted by Crippen LogP contribution is 2.44. The normalized spacial score (nSPS) is 17.3. The lowest BCUT2D eigenvalue weighted by molar-refractivity contribution is -0.119. The number of hydrogen-bond acceptors (Lipinski definition) is 5. The summed E-state index contributed by atoms with van der Waals surface area (Å²) in [7, 11) is 1.61. The molecule has 0 spiro atoms. The molecule has 0 saturated carbocycles. The van der Waals surface area contributed by atoms with Crippen LogP contribution in [0.25, 0.3) is 0 Å². The molecule has 1 N–H and O–H groups in total. The fourth-order valence-corrected chi connectivity index (χ4v) is 5.46. The summed E-state index contributed by atoms with van der Waals surface area (Å²) in [4.78, 5) is 30.0. The van der Waals surface area contributed by atoms with Gasteiger partial charge in [-0.2, -0.15) is 5.10 Å². The van der Waals surface area contributed by atoms with Gasteiger partial charge in [-0.3, -0.25) is 14.3 Å². The second-order valence-corrected chi connectivity index (χ2v) is 9.39. The van der Waals surface area contributed by atoms with Crippen molar-refractivity contribution in [1.29, 1.82) is 0 Å². The first-order valence-electron chi connectivity index (χ1n) is 11.4. The first-order valence-corrected chi connectivity index (χ1v) is 12.3. The van der Waals surface area contributed by atoms with Crippen LogP contribution < -0.4 is 5.32 Å². The van der Waals surface area contributed by atoms with E-state index in [9.17, 15) is 9.59 Å². The average molecular weight is 487 g/mol. The Labute approximate surface area is 208 Å². The van der Waals surface area contributed by atoms with E-state index >= 15 is 0 Å². The molecule has 0 bridgehead atoms. The van der Waals surface area contributed by atoms with Crippen LogP contribution in [0, 0.1) is 0 Å². The number of carbonyl (C=O) groups is 2. The summed E-state index contributed by atoms with van der Waals surface area (Å²) in [6.45, 7) is 1.45. The van der Waals surface area contributed by atoms with Gasteiger partial charge in [-0.15, -0.1) is 11.3 Å². The summed E-state index contributed by atoms with van der Waals surface area (Å²) in [5, 5.41) is 9.31. The minimum Gasteiger partial charge on any atom is -0.383 e. The largest absolute Gasteiger partial charge is 0.383 e. The molecule has 35 heavy (non-hydrogen) atoms. The number of anilines is 1. The number of hydrogen-bond donors (Lipinski definition) is 1. The van der Waals surface area contributed by atoms with E-state index in [0.717, 1.165) is 16.0 Å². The SMILES string of the molecule is COCCN1C(=O)c2ccccc2C(C(=O)Nc2ccc(Cn3cccn3)cc2)C1c1cccs1. The van der Waals surface area contributed by atoms with Crippen molar-refractivity contribution in [2.45, 2.75) is 18.5 Å². The van der Waals surface area contributed by atoms with Crippen LogP contribution in [0.1, 0.15) is 38.3 Å². The molecule has 2 aromatic heterocycles. The lowest BCUT2D eigenvalue weighted by Crippen LogP contribution is -2.47. The van der Waals surface area contributed by atoms with Crippen LogP contribution in [-0.2, 0) is 16.1 Å². The predicted molar refractivity (Wildman–Crippen MR) is 136 cm³/mol. The summed E-state index contributed by atoms with van der Waals surface area (Å²) in [5.41, 5.74) is 3.10. The molecule has 0 saturated heterocycles. The van der Waals surface area contributed by atoms with Crippen molar-refractivity contribution in [2.75, 3.05) is 25.6 Å². The number of thiophene rings is 1. The zero-order chi connectivity index (χ0) is 24.2. The van der Waals surface area contributed by atoms with Gasteiger partial charge in [-0.05, 0) is 46.8 Å². The fourth-order valence-electron chi connectivity index (χ4n) is 4.58. The molecule has 1 aliphatic heterocycles. The first-order chi connectivity index (χ1) is 17.2. The van der Waals surface area contributed by atoms with Gasteiger partial charge in [0.05, 0.1) is 25.1 Å². The summed E-state index contributed by atoms with van der Waals surface area (Å²) >= 11 is 1.55. The maximum absolute atomic E-state index is 13.8. The number of nitrogens with zero attached hydrogens (tertiary/aromatic N) is 3. The zero-order valence-corrected chi connectivity index (χ0v) is 20.2. The van der Waals surface area contributed by atoms with Crippen LogP contribution in [0.3, 0.4) is 0 Å². The number of ether oxygens (including phenoxy) is 1. The summed E-state index contributed by atoms with van der Waals surface area (Å²) in [6, 6.07) is 20.6. The van der Waals surface area contributed by atoms with Crippen LogP contribution >= 0.6 is 11.3 Å². The van der Waals surface area contributed by atoms with Crippen molar-refractivity contribution >= 4 is 28.8 Å². The Balaban J connectivity index is 1.46. The van der Waals surface area contributed by atoms with Gasteiger partial charge in [0.2, 0.25) is 5.91 Å². The Bertz CT molecular complexity index is 1290. The van der Waals surface area contributed by atoms with Gasteiger partial charge in [-0.1, -0.05) is 36.4 Å². The highest BCUT2D eigenvalue weighted by atomic mass is 32.1. The molecule has 1 aliphatic rings. The third-order valence-corrected chi connectivity index (χ3v) is 7.16. The van der Waals surface area contributed by atoms with Crippen molar-refractivity contribution in [3.8, 4) is 0 Å². The number of rotatable bonds is 8. The smallest absolute Gasteiger partial charge is 0.254 e. The molecule has 8 heteroatoms. The molecule has 2 aromatic carbocycles. The molecule has 2 unspecified atom stereocenters. The predicted octanol–water partition coefficient (Wildman–Crippen LogP) is 4.56. The van der Waals surface area contributed by atoms with E-state index in [1.54, 1.807) is 35.6 Å². The molecule has 2 amide bonds. The fraction of sp³-hybridized carbons (Fsp3) is 0.222. The lowest BCUT2D eigenvalue weighted by Gasteiger charge is -2.41. The lowest BCUT2D eigenvalue weighted by atomic mass is 9.81. The molecule has 178 valence electrons. The first kappa shape index (κ1) is 23.0. The van der Waals surface area contributed by atoms with Gasteiger partial charge >= 0.3 is 0 Å². The number of fused-ring (bicyclic) bond motifs is 1. The Morgan fingerprint density at radius 3 is 2.63 bits per heavy atom. The quantitative estimate of drug-likeness (QED) is 0.396. The maximum Gasteiger partial charge on any atom is 0.254 e. The maximum atomic E-state index is 13.8. The molecule has 0 radical (unpaired) electrons. The summed E-state index contributed by atoms with van der Waals surface area (Å²) in [6.07, 6.45) is 3.67. The summed E-state index contributed by atoms with van der Waals surface area (Å²) < 4.78 is 7.14. The van der Waals surface area contributed by atoms with Crippen LogP contribution in [0.2, 0.25) is 0 Å². The van der Waals surface area contributed by atoms with Crippen molar-refractivity contribution < 1.29 is 14.3 Å². The number of nitrogens with one attached hydrogen (secondary N) is 1. The van der Waals surface area contributed by atoms with Gasteiger partial charge in [0.25, 0.3) is 5.91 Å². The molecule has 0 fully saturated rings. The molecule has 3 heterocycles. The molecule has 0 aliphatic carbocycles. The van der Waals surface area contributed by atoms with Crippen LogP contribution in [0.4, 0.5) is 5.69 Å². The standard InChI is InChI=1S/C27H26N4O3S/c1-34-16-15-31-25(23-8-4-17-35-23)24(21-6-2-3-7-22(21)27(31)33)26(32)29-20-11-9-19(10-12-20)18-30-14-5-13-28-30/h2-14,17,24-25H,15-16,18H2,1H3,(H,29,32). The number of methoxy groups -OCH3 is 1. The highest BCUT2D eigenvalue weighted by molar-refractivity contribution is 7.10. The van der Waals surface area contributed by atoms with Crippen molar-refractivity contribution in [2.24, 2.45) is 0 Å². The number of benzene rings is 2. The van der Waals surface area contributed by atoms with E-state index in [4.69, 9.17) is 4.74 Å². The Morgan fingerprint density at radius 2 is 1.91 bits per heavy atom. The van der Waals surface area contributed by atoms with Gasteiger partial charge in [-0.25, -0.2) is 0 Å². The Hall–Kier alpha value is -3.75. The highest BCUT2D eigenvalue weighted by Gasteiger charge is 2.44. The van der Waals surface area contributed by atoms with E-state index in [1.165, 1.54) is 0 Å². The summed E-state index contributed by atoms with van der Waals surface area (Å²) in [5.74, 6) is -0.781. The average Bonchev–Trinajstić information content (AvgIpc) is 3.59. The Morgan fingerprint density at radius 1 is 1.09 bits per heavy atom. The second kappa shape index (κ2) is 10.2. The minimum atomic E-state index is -0.553. The van der Waals surface area contributed by atoms with E-state index in [1.807, 2.05) is 76.9 Å². The van der Waals surface area contributed by atoms with Crippen molar-refractivity contribution in [3.63, 3.8) is 0 Å². The van der Waals surface area contributed by atoms with Crippen LogP contribution in [0.5, 0.6) is 0 Å². The molecule has 7 nitrogen and oxygen atoms in total. The molecule has 4 aromatic rings. The Kier molecular flexibility index (Phi) is 6.74. The van der Waals surface area contributed by atoms with Crippen LogP contribution in [-0.4, -0.2) is 46.8 Å². The van der Waals surface area contributed by atoms with Gasteiger partial charge in [0.15, 0.2) is 0 Å². The van der Waals surface area contributed by atoms with Crippen molar-refractivity contribution in [3.05, 3.63) is 106 Å². The van der Waals surface area contributed by atoms with Crippen molar-refractivity contribution in [1.82, 2.24) is 14.7 Å². The molecular weight excluding hydrogens is 460 g/mol. The topological polar surface area (TPSA) is 76.5 Å². The van der Waals surface area contributed by atoms with E-state index in [2.05, 4.69) is 10.4 Å². The molecule has 5 rings (SSSR count). The number of carbonyl (C=O) groups excluding carboxylic acids is 2.